The third-order valence-electron chi connectivity index (χ3n) is 3.68. The van der Waals surface area contributed by atoms with Gasteiger partial charge in [-0.1, -0.05) is 5.16 Å². The molecule has 0 aromatic carbocycles. The van der Waals surface area contributed by atoms with Crippen molar-refractivity contribution < 1.29 is 13.6 Å². The predicted molar refractivity (Wildman–Crippen MR) is 76.4 cm³/mol. The second-order valence-corrected chi connectivity index (χ2v) is 6.93. The van der Waals surface area contributed by atoms with Crippen LogP contribution in [0.4, 0.5) is 0 Å². The average Bonchev–Trinajstić information content (AvgIpc) is 2.93. The number of amidine groups is 1. The summed E-state index contributed by atoms with van der Waals surface area (Å²) in [5, 5.41) is 15.6. The number of hydrogen-bond donors (Lipinski definition) is 2. The van der Waals surface area contributed by atoms with E-state index in [2.05, 4.69) is 10.3 Å². The Hall–Kier alpha value is -1.65. The maximum absolute atomic E-state index is 12.4. The molecule has 1 aromatic rings. The van der Waals surface area contributed by atoms with E-state index in [1.807, 2.05) is 11.8 Å². The van der Waals surface area contributed by atoms with E-state index in [1.165, 1.54) is 21.4 Å². The zero-order valence-corrected chi connectivity index (χ0v) is 12.9. The molecule has 0 amide bonds. The number of aryl methyl sites for hydroxylation is 1. The van der Waals surface area contributed by atoms with E-state index in [0.29, 0.717) is 26.2 Å². The van der Waals surface area contributed by atoms with Crippen LogP contribution in [-0.2, 0) is 17.1 Å². The van der Waals surface area contributed by atoms with Gasteiger partial charge < -0.3 is 10.9 Å². The minimum Gasteiger partial charge on any atom is -0.409 e. The smallest absolute Gasteiger partial charge is 0.246 e. The van der Waals surface area contributed by atoms with Gasteiger partial charge in [0.25, 0.3) is 0 Å². The van der Waals surface area contributed by atoms with Crippen molar-refractivity contribution in [3.63, 3.8) is 0 Å². The Morgan fingerprint density at radius 1 is 1.43 bits per heavy atom. The Morgan fingerprint density at radius 3 is 2.52 bits per heavy atom. The van der Waals surface area contributed by atoms with Crippen LogP contribution in [-0.4, -0.2) is 70.7 Å². The van der Waals surface area contributed by atoms with Gasteiger partial charge in [0.15, 0.2) is 5.84 Å². The lowest BCUT2D eigenvalue weighted by Gasteiger charge is -2.36. The van der Waals surface area contributed by atoms with Crippen molar-refractivity contribution in [3.8, 4) is 0 Å². The number of hydrogen-bond acceptors (Lipinski definition) is 6. The molecule has 118 valence electrons. The van der Waals surface area contributed by atoms with Crippen molar-refractivity contribution in [3.05, 3.63) is 12.4 Å². The first-order valence-corrected chi connectivity index (χ1v) is 8.00. The summed E-state index contributed by atoms with van der Waals surface area (Å²) < 4.78 is 27.8. The second-order valence-electron chi connectivity index (χ2n) is 4.99. The van der Waals surface area contributed by atoms with Crippen LogP contribution in [0, 0.1) is 0 Å². The third-order valence-corrected chi connectivity index (χ3v) is 5.53. The van der Waals surface area contributed by atoms with Crippen LogP contribution in [0.25, 0.3) is 0 Å². The molecule has 0 spiro atoms. The molecule has 0 bridgehead atoms. The lowest BCUT2D eigenvalue weighted by molar-refractivity contribution is 0.171. The lowest BCUT2D eigenvalue weighted by Crippen LogP contribution is -2.54. The number of rotatable bonds is 4. The fraction of sp³-hybridized carbons (Fsp3) is 0.636. The summed E-state index contributed by atoms with van der Waals surface area (Å²) in [5.41, 5.74) is 5.58. The van der Waals surface area contributed by atoms with Gasteiger partial charge in [0.05, 0.1) is 12.2 Å². The molecule has 2 heterocycles. The summed E-state index contributed by atoms with van der Waals surface area (Å²) >= 11 is 0. The number of aromatic nitrogens is 2. The van der Waals surface area contributed by atoms with Crippen molar-refractivity contribution in [2.75, 3.05) is 26.2 Å². The monoisotopic (exact) mass is 316 g/mol. The highest BCUT2D eigenvalue weighted by Crippen LogP contribution is 2.17. The normalized spacial score (nSPS) is 20.6. The van der Waals surface area contributed by atoms with Crippen LogP contribution in [0.2, 0.25) is 0 Å². The Kier molecular flexibility index (Phi) is 4.49. The van der Waals surface area contributed by atoms with Gasteiger partial charge in [0.2, 0.25) is 10.0 Å². The van der Waals surface area contributed by atoms with Gasteiger partial charge >= 0.3 is 0 Å². The molecule has 1 fully saturated rings. The summed E-state index contributed by atoms with van der Waals surface area (Å²) in [6, 6.07) is -0.224. The standard InChI is InChI=1S/C11H20N6O3S/c1-9(11(12)14-18)16-3-5-17(6-4-16)21(19,20)10-7-13-15(2)8-10/h7-9,18H,3-6H2,1-2H3,(H2,12,14). The van der Waals surface area contributed by atoms with Crippen LogP contribution in [0.5, 0.6) is 0 Å². The number of sulfonamides is 1. The largest absolute Gasteiger partial charge is 0.409 e. The molecule has 1 aliphatic heterocycles. The molecule has 1 aromatic heterocycles. The van der Waals surface area contributed by atoms with Gasteiger partial charge in [0.1, 0.15) is 4.90 Å². The molecule has 0 saturated carbocycles. The van der Waals surface area contributed by atoms with Crippen LogP contribution in [0.3, 0.4) is 0 Å². The van der Waals surface area contributed by atoms with Crippen LogP contribution in [0.15, 0.2) is 22.4 Å². The van der Waals surface area contributed by atoms with Crippen LogP contribution < -0.4 is 5.73 Å². The zero-order chi connectivity index (χ0) is 15.6. The Bertz CT molecular complexity index is 618. The maximum atomic E-state index is 12.4. The zero-order valence-electron chi connectivity index (χ0n) is 12.0. The third kappa shape index (κ3) is 3.17. The van der Waals surface area contributed by atoms with E-state index in [4.69, 9.17) is 10.9 Å². The highest BCUT2D eigenvalue weighted by molar-refractivity contribution is 7.89. The van der Waals surface area contributed by atoms with E-state index in [1.54, 1.807) is 7.05 Å². The minimum atomic E-state index is -3.50. The lowest BCUT2D eigenvalue weighted by atomic mass is 10.2. The fourth-order valence-corrected chi connectivity index (χ4v) is 3.69. The second kappa shape index (κ2) is 6.00. The molecule has 9 nitrogen and oxygen atoms in total. The maximum Gasteiger partial charge on any atom is 0.246 e. The Morgan fingerprint density at radius 2 is 2.05 bits per heavy atom. The molecule has 10 heteroatoms. The molecular formula is C11H20N6O3S. The van der Waals surface area contributed by atoms with Crippen molar-refractivity contribution >= 4 is 15.9 Å². The average molecular weight is 316 g/mol. The SMILES string of the molecule is CC(C(N)=NO)N1CCN(S(=O)(=O)c2cnn(C)c2)CC1. The summed E-state index contributed by atoms with van der Waals surface area (Å²) in [6.07, 6.45) is 2.83. The van der Waals surface area contributed by atoms with E-state index in [9.17, 15) is 8.42 Å². The number of oxime groups is 1. The molecule has 1 unspecified atom stereocenters. The van der Waals surface area contributed by atoms with E-state index in [-0.39, 0.29) is 16.8 Å². The van der Waals surface area contributed by atoms with E-state index in [0.717, 1.165) is 0 Å². The summed E-state index contributed by atoms with van der Waals surface area (Å²) in [7, 11) is -1.83. The molecular weight excluding hydrogens is 296 g/mol. The molecule has 2 rings (SSSR count). The molecule has 3 N–H and O–H groups in total. The fourth-order valence-electron chi connectivity index (χ4n) is 2.28. The minimum absolute atomic E-state index is 0.124. The van der Waals surface area contributed by atoms with Gasteiger partial charge in [-0.15, -0.1) is 0 Å². The summed E-state index contributed by atoms with van der Waals surface area (Å²) in [5.74, 6) is 0.124. The van der Waals surface area contributed by atoms with E-state index >= 15 is 0 Å². The van der Waals surface area contributed by atoms with Gasteiger partial charge in [0, 0.05) is 39.4 Å². The number of nitrogens with two attached hydrogens (primary N) is 1. The highest BCUT2D eigenvalue weighted by atomic mass is 32.2. The van der Waals surface area contributed by atoms with Crippen molar-refractivity contribution in [2.45, 2.75) is 17.9 Å². The first-order chi connectivity index (χ1) is 9.86. The van der Waals surface area contributed by atoms with Gasteiger partial charge in [-0.25, -0.2) is 8.42 Å². The summed E-state index contributed by atoms with van der Waals surface area (Å²) in [6.45, 7) is 3.59. The first-order valence-electron chi connectivity index (χ1n) is 6.56. The van der Waals surface area contributed by atoms with Gasteiger partial charge in [-0.3, -0.25) is 9.58 Å². The quantitative estimate of drug-likeness (QED) is 0.314. The van der Waals surface area contributed by atoms with Crippen molar-refractivity contribution in [1.29, 1.82) is 0 Å². The van der Waals surface area contributed by atoms with Crippen molar-refractivity contribution in [1.82, 2.24) is 19.0 Å². The first kappa shape index (κ1) is 15.7. The topological polar surface area (TPSA) is 117 Å². The predicted octanol–water partition coefficient (Wildman–Crippen LogP) is -1.14. The van der Waals surface area contributed by atoms with Crippen molar-refractivity contribution in [2.24, 2.45) is 17.9 Å². The molecule has 21 heavy (non-hydrogen) atoms. The number of nitrogens with zero attached hydrogens (tertiary/aromatic N) is 5. The number of piperazine rings is 1. The molecule has 1 aliphatic rings. The van der Waals surface area contributed by atoms with Crippen LogP contribution >= 0.6 is 0 Å². The molecule has 0 radical (unpaired) electrons. The molecule has 0 aliphatic carbocycles. The highest BCUT2D eigenvalue weighted by Gasteiger charge is 2.31. The van der Waals surface area contributed by atoms with E-state index < -0.39 is 10.0 Å². The Balaban J connectivity index is 2.04. The van der Waals surface area contributed by atoms with Gasteiger partial charge in [-0.2, -0.15) is 9.40 Å². The molecule has 1 saturated heterocycles. The molecule has 1 atom stereocenters. The van der Waals surface area contributed by atoms with Crippen LogP contribution in [0.1, 0.15) is 6.92 Å². The Labute approximate surface area is 123 Å². The van der Waals surface area contributed by atoms with Gasteiger partial charge in [-0.05, 0) is 6.92 Å². The summed E-state index contributed by atoms with van der Waals surface area (Å²) in [4.78, 5) is 2.17.